The molecule has 0 aliphatic heterocycles. The maximum absolute atomic E-state index is 11.8. The molecule has 12 heteroatoms. The zero-order valence-electron chi connectivity index (χ0n) is 16.7. The van der Waals surface area contributed by atoms with Gasteiger partial charge in [-0.05, 0) is 60.2 Å². The molecule has 0 aliphatic rings. The molecular formula is C21H15BrN4O7. The Morgan fingerprint density at radius 1 is 0.970 bits per heavy atom. The third-order valence-electron chi connectivity index (χ3n) is 4.04. The number of rotatable bonds is 9. The number of nitrogens with zero attached hydrogens (tertiary/aromatic N) is 3. The van der Waals surface area contributed by atoms with Gasteiger partial charge < -0.3 is 9.47 Å². The number of carbonyl (C=O) groups is 1. The first kappa shape index (κ1) is 23.3. The Labute approximate surface area is 195 Å². The van der Waals surface area contributed by atoms with Gasteiger partial charge in [0.1, 0.15) is 11.5 Å². The Morgan fingerprint density at radius 2 is 1.64 bits per heavy atom. The molecule has 0 aliphatic carbocycles. The molecule has 0 heterocycles. The van der Waals surface area contributed by atoms with E-state index in [4.69, 9.17) is 9.47 Å². The molecule has 0 saturated heterocycles. The van der Waals surface area contributed by atoms with Gasteiger partial charge in [0.2, 0.25) is 5.75 Å². The summed E-state index contributed by atoms with van der Waals surface area (Å²) in [5, 5.41) is 25.9. The van der Waals surface area contributed by atoms with Crippen molar-refractivity contribution in [2.24, 2.45) is 5.10 Å². The SMILES string of the molecule is O=C(COc1ccc(Br)cc1)N/N=C\c1ccc(Oc2ccc([N+](=O)[O-])cc2[N+](=O)[O-])cc1. The first-order valence-electron chi connectivity index (χ1n) is 9.23. The smallest absolute Gasteiger partial charge is 0.318 e. The van der Waals surface area contributed by atoms with Gasteiger partial charge in [-0.2, -0.15) is 5.10 Å². The number of hydrogen-bond donors (Lipinski definition) is 1. The highest BCUT2D eigenvalue weighted by molar-refractivity contribution is 9.10. The summed E-state index contributed by atoms with van der Waals surface area (Å²) in [6, 6.07) is 16.4. The van der Waals surface area contributed by atoms with Crippen LogP contribution in [-0.2, 0) is 4.79 Å². The highest BCUT2D eigenvalue weighted by Gasteiger charge is 2.21. The maximum atomic E-state index is 11.8. The number of hydrazone groups is 1. The molecule has 3 aromatic carbocycles. The van der Waals surface area contributed by atoms with Crippen molar-refractivity contribution in [2.75, 3.05) is 6.61 Å². The predicted molar refractivity (Wildman–Crippen MR) is 122 cm³/mol. The van der Waals surface area contributed by atoms with Crippen molar-refractivity contribution >= 4 is 39.4 Å². The van der Waals surface area contributed by atoms with Crippen LogP contribution in [-0.4, -0.2) is 28.6 Å². The van der Waals surface area contributed by atoms with E-state index >= 15 is 0 Å². The number of carbonyl (C=O) groups excluding carboxylic acids is 1. The second-order valence-electron chi connectivity index (χ2n) is 6.37. The minimum Gasteiger partial charge on any atom is -0.484 e. The first-order valence-corrected chi connectivity index (χ1v) is 10.0. The number of benzene rings is 3. The molecule has 0 unspecified atom stereocenters. The Kier molecular flexibility index (Phi) is 7.65. The van der Waals surface area contributed by atoms with E-state index in [1.165, 1.54) is 18.3 Å². The van der Waals surface area contributed by atoms with Crippen molar-refractivity contribution < 1.29 is 24.1 Å². The van der Waals surface area contributed by atoms with Crippen molar-refractivity contribution in [1.82, 2.24) is 5.43 Å². The van der Waals surface area contributed by atoms with Gasteiger partial charge in [-0.3, -0.25) is 25.0 Å². The van der Waals surface area contributed by atoms with Gasteiger partial charge in [0.05, 0.1) is 22.1 Å². The lowest BCUT2D eigenvalue weighted by atomic mass is 10.2. The molecule has 0 atom stereocenters. The van der Waals surface area contributed by atoms with Crippen LogP contribution in [0.5, 0.6) is 17.2 Å². The number of non-ortho nitro benzene ring substituents is 1. The number of nitro benzene ring substituents is 2. The van der Waals surface area contributed by atoms with Crippen molar-refractivity contribution in [3.8, 4) is 17.2 Å². The molecule has 0 saturated carbocycles. The van der Waals surface area contributed by atoms with Gasteiger partial charge in [-0.1, -0.05) is 15.9 Å². The van der Waals surface area contributed by atoms with Crippen LogP contribution in [0.1, 0.15) is 5.56 Å². The quantitative estimate of drug-likeness (QED) is 0.249. The van der Waals surface area contributed by atoms with Crippen LogP contribution in [0.3, 0.4) is 0 Å². The molecule has 0 spiro atoms. The van der Waals surface area contributed by atoms with Crippen molar-refractivity contribution in [3.05, 3.63) is 97.0 Å². The molecule has 168 valence electrons. The Balaban J connectivity index is 1.55. The van der Waals surface area contributed by atoms with E-state index in [0.717, 1.165) is 22.7 Å². The van der Waals surface area contributed by atoms with E-state index in [-0.39, 0.29) is 18.1 Å². The largest absolute Gasteiger partial charge is 0.484 e. The fourth-order valence-electron chi connectivity index (χ4n) is 2.49. The standard InChI is InChI=1S/C21H15BrN4O7/c22-15-3-8-17(9-4-15)32-13-21(27)24-23-12-14-1-6-18(7-2-14)33-20-10-5-16(25(28)29)11-19(20)26(30)31/h1-12H,13H2,(H,24,27)/b23-12-. The topological polar surface area (TPSA) is 146 Å². The molecule has 3 rings (SSSR count). The average molecular weight is 515 g/mol. The Morgan fingerprint density at radius 3 is 2.27 bits per heavy atom. The molecule has 0 radical (unpaired) electrons. The number of halogens is 1. The van der Waals surface area contributed by atoms with Crippen LogP contribution in [0.15, 0.2) is 76.3 Å². The summed E-state index contributed by atoms with van der Waals surface area (Å²) in [7, 11) is 0. The fraction of sp³-hybridized carbons (Fsp3) is 0.0476. The lowest BCUT2D eigenvalue weighted by Gasteiger charge is -2.06. The molecule has 1 amide bonds. The number of hydrogen-bond acceptors (Lipinski definition) is 8. The van der Waals surface area contributed by atoms with Gasteiger partial charge in [0.25, 0.3) is 11.6 Å². The summed E-state index contributed by atoms with van der Waals surface area (Å²) in [6.45, 7) is -0.209. The van der Waals surface area contributed by atoms with Gasteiger partial charge in [0.15, 0.2) is 6.61 Å². The van der Waals surface area contributed by atoms with Crippen LogP contribution in [0.4, 0.5) is 11.4 Å². The highest BCUT2D eigenvalue weighted by Crippen LogP contribution is 2.34. The van der Waals surface area contributed by atoms with Gasteiger partial charge in [-0.15, -0.1) is 0 Å². The third kappa shape index (κ3) is 6.83. The summed E-state index contributed by atoms with van der Waals surface area (Å²) < 4.78 is 11.7. The third-order valence-corrected chi connectivity index (χ3v) is 4.57. The van der Waals surface area contributed by atoms with E-state index in [2.05, 4.69) is 26.5 Å². The monoisotopic (exact) mass is 514 g/mol. The summed E-state index contributed by atoms with van der Waals surface area (Å²) >= 11 is 3.31. The number of nitro groups is 2. The van der Waals surface area contributed by atoms with Gasteiger partial charge in [-0.25, -0.2) is 5.43 Å². The summed E-state index contributed by atoms with van der Waals surface area (Å²) in [6.07, 6.45) is 1.40. The second kappa shape index (κ2) is 10.8. The zero-order valence-corrected chi connectivity index (χ0v) is 18.3. The average Bonchev–Trinajstić information content (AvgIpc) is 2.80. The summed E-state index contributed by atoms with van der Waals surface area (Å²) in [4.78, 5) is 32.3. The lowest BCUT2D eigenvalue weighted by Crippen LogP contribution is -2.24. The number of ether oxygens (including phenoxy) is 2. The Hall–Kier alpha value is -4.32. The molecule has 0 fully saturated rings. The number of nitrogens with one attached hydrogen (secondary N) is 1. The number of amides is 1. The van der Waals surface area contributed by atoms with Crippen LogP contribution in [0, 0.1) is 20.2 Å². The van der Waals surface area contributed by atoms with Crippen LogP contribution >= 0.6 is 15.9 Å². The predicted octanol–water partition coefficient (Wildman–Crippen LogP) is 4.59. The van der Waals surface area contributed by atoms with Gasteiger partial charge >= 0.3 is 5.69 Å². The second-order valence-corrected chi connectivity index (χ2v) is 7.29. The van der Waals surface area contributed by atoms with E-state index in [9.17, 15) is 25.0 Å². The molecule has 0 bridgehead atoms. The first-order chi connectivity index (χ1) is 15.8. The van der Waals surface area contributed by atoms with E-state index in [1.54, 1.807) is 36.4 Å². The fourth-order valence-corrected chi connectivity index (χ4v) is 2.75. The molecule has 0 aromatic heterocycles. The minimum absolute atomic E-state index is 0.134. The van der Waals surface area contributed by atoms with Crippen molar-refractivity contribution in [1.29, 1.82) is 0 Å². The molecule has 3 aromatic rings. The zero-order chi connectivity index (χ0) is 23.8. The van der Waals surface area contributed by atoms with E-state index in [0.29, 0.717) is 11.3 Å². The highest BCUT2D eigenvalue weighted by atomic mass is 79.9. The lowest BCUT2D eigenvalue weighted by molar-refractivity contribution is -0.394. The van der Waals surface area contributed by atoms with Gasteiger partial charge in [0, 0.05) is 10.5 Å². The summed E-state index contributed by atoms with van der Waals surface area (Å²) in [5.74, 6) is 0.238. The van der Waals surface area contributed by atoms with E-state index < -0.39 is 27.1 Å². The molecular weight excluding hydrogens is 500 g/mol. The molecule has 11 nitrogen and oxygen atoms in total. The van der Waals surface area contributed by atoms with E-state index in [1.807, 2.05) is 0 Å². The Bertz CT molecular complexity index is 1200. The molecule has 1 N–H and O–H groups in total. The maximum Gasteiger partial charge on any atom is 0.318 e. The van der Waals surface area contributed by atoms with Crippen LogP contribution < -0.4 is 14.9 Å². The van der Waals surface area contributed by atoms with Crippen LogP contribution in [0.2, 0.25) is 0 Å². The molecule has 33 heavy (non-hydrogen) atoms. The summed E-state index contributed by atoms with van der Waals surface area (Å²) in [5.41, 5.74) is 2.02. The van der Waals surface area contributed by atoms with Crippen LogP contribution in [0.25, 0.3) is 0 Å². The minimum atomic E-state index is -0.757. The normalized spacial score (nSPS) is 10.6. The van der Waals surface area contributed by atoms with Crippen molar-refractivity contribution in [2.45, 2.75) is 0 Å². The van der Waals surface area contributed by atoms with Crippen molar-refractivity contribution in [3.63, 3.8) is 0 Å².